The summed E-state index contributed by atoms with van der Waals surface area (Å²) in [5.74, 6) is 0.0718. The van der Waals surface area contributed by atoms with E-state index < -0.39 is 0 Å². The number of ether oxygens (including phenoxy) is 1. The van der Waals surface area contributed by atoms with Crippen LogP contribution in [0, 0.1) is 5.41 Å². The summed E-state index contributed by atoms with van der Waals surface area (Å²) in [5, 5.41) is 16.1. The van der Waals surface area contributed by atoms with Crippen LogP contribution in [0.4, 0.5) is 4.79 Å². The maximum atomic E-state index is 11.8. The molecule has 164 valence electrons. The first-order chi connectivity index (χ1) is 13.7. The number of carbonyl (C=O) groups excluding carboxylic acids is 1. The van der Waals surface area contributed by atoms with Crippen LogP contribution >= 0.6 is 0 Å². The Morgan fingerprint density at radius 2 is 1.43 bits per heavy atom. The van der Waals surface area contributed by atoms with Gasteiger partial charge in [-0.1, -0.05) is 64.7 Å². The van der Waals surface area contributed by atoms with Crippen LogP contribution in [0.3, 0.4) is 0 Å². The lowest BCUT2D eigenvalue weighted by molar-refractivity contribution is 0.0376. The van der Waals surface area contributed by atoms with Crippen molar-refractivity contribution in [2.45, 2.75) is 77.6 Å². The zero-order chi connectivity index (χ0) is 20.3. The van der Waals surface area contributed by atoms with E-state index in [1.54, 1.807) is 0 Å². The molecular formula is C21H43N5O2. The van der Waals surface area contributed by atoms with E-state index in [0.717, 1.165) is 52.1 Å². The number of hydrogen-bond donors (Lipinski definition) is 4. The Hall–Kier alpha value is -1.34. The molecule has 0 aromatic carbocycles. The Kier molecular flexibility index (Phi) is 15.6. The standard InChI is InChI=1S/C21H43N5O2/c1-2-3-4-5-6-7-8-9-10-11-13-24-21(27)25-20(22)23-14-12-15-26-16-18-28-19-17-26/h2-19H2,1H3,(H4,22,23,24,25,27). The highest BCUT2D eigenvalue weighted by Crippen LogP contribution is 2.10. The van der Waals surface area contributed by atoms with Crippen molar-refractivity contribution in [3.8, 4) is 0 Å². The summed E-state index contributed by atoms with van der Waals surface area (Å²) in [4.78, 5) is 14.1. The topological polar surface area (TPSA) is 89.5 Å². The molecule has 1 rings (SSSR count). The fraction of sp³-hybridized carbons (Fsp3) is 0.905. The maximum Gasteiger partial charge on any atom is 0.321 e. The molecule has 0 unspecified atom stereocenters. The highest BCUT2D eigenvalue weighted by atomic mass is 16.5. The fourth-order valence-corrected chi connectivity index (χ4v) is 3.36. The third-order valence-corrected chi connectivity index (χ3v) is 5.11. The van der Waals surface area contributed by atoms with Gasteiger partial charge in [0.15, 0.2) is 5.96 Å². The van der Waals surface area contributed by atoms with Crippen molar-refractivity contribution < 1.29 is 9.53 Å². The number of urea groups is 1. The van der Waals surface area contributed by atoms with Gasteiger partial charge in [0.05, 0.1) is 13.2 Å². The van der Waals surface area contributed by atoms with Crippen LogP contribution in [0.1, 0.15) is 77.6 Å². The summed E-state index contributed by atoms with van der Waals surface area (Å²) in [7, 11) is 0. The molecule has 7 nitrogen and oxygen atoms in total. The minimum Gasteiger partial charge on any atom is -0.379 e. The van der Waals surface area contributed by atoms with E-state index in [4.69, 9.17) is 10.1 Å². The fourth-order valence-electron chi connectivity index (χ4n) is 3.36. The van der Waals surface area contributed by atoms with E-state index in [1.807, 2.05) is 0 Å². The zero-order valence-electron chi connectivity index (χ0n) is 18.0. The lowest BCUT2D eigenvalue weighted by Gasteiger charge is -2.26. The molecule has 4 N–H and O–H groups in total. The molecule has 0 saturated carbocycles. The van der Waals surface area contributed by atoms with Crippen LogP contribution in [0.2, 0.25) is 0 Å². The van der Waals surface area contributed by atoms with Crippen LogP contribution in [0.25, 0.3) is 0 Å². The third kappa shape index (κ3) is 14.7. The van der Waals surface area contributed by atoms with E-state index in [-0.39, 0.29) is 12.0 Å². The van der Waals surface area contributed by atoms with Crippen molar-refractivity contribution in [2.75, 3.05) is 45.9 Å². The Morgan fingerprint density at radius 3 is 2.07 bits per heavy atom. The van der Waals surface area contributed by atoms with E-state index in [9.17, 15) is 4.79 Å². The molecule has 2 amide bonds. The summed E-state index contributed by atoms with van der Waals surface area (Å²) in [6.07, 6.45) is 13.8. The Morgan fingerprint density at radius 1 is 0.857 bits per heavy atom. The van der Waals surface area contributed by atoms with Crippen molar-refractivity contribution in [3.63, 3.8) is 0 Å². The predicted molar refractivity (Wildman–Crippen MR) is 116 cm³/mol. The molecule has 0 aromatic rings. The highest BCUT2D eigenvalue weighted by molar-refractivity contribution is 5.94. The molecule has 1 heterocycles. The highest BCUT2D eigenvalue weighted by Gasteiger charge is 2.09. The second-order valence-corrected chi connectivity index (χ2v) is 7.67. The van der Waals surface area contributed by atoms with Crippen LogP contribution < -0.4 is 16.0 Å². The third-order valence-electron chi connectivity index (χ3n) is 5.11. The number of guanidine groups is 1. The van der Waals surface area contributed by atoms with Gasteiger partial charge in [0, 0.05) is 26.2 Å². The van der Waals surface area contributed by atoms with E-state index in [2.05, 4.69) is 27.8 Å². The molecule has 0 atom stereocenters. The van der Waals surface area contributed by atoms with Gasteiger partial charge in [-0.15, -0.1) is 0 Å². The first-order valence-corrected chi connectivity index (χ1v) is 11.4. The van der Waals surface area contributed by atoms with Gasteiger partial charge in [-0.05, 0) is 19.4 Å². The van der Waals surface area contributed by atoms with Gasteiger partial charge < -0.3 is 15.4 Å². The van der Waals surface area contributed by atoms with Gasteiger partial charge in [0.1, 0.15) is 0 Å². The van der Waals surface area contributed by atoms with E-state index >= 15 is 0 Å². The largest absolute Gasteiger partial charge is 0.379 e. The van der Waals surface area contributed by atoms with Crippen molar-refractivity contribution in [1.82, 2.24) is 20.9 Å². The number of nitrogens with zero attached hydrogens (tertiary/aromatic N) is 1. The van der Waals surface area contributed by atoms with Crippen LogP contribution in [-0.2, 0) is 4.74 Å². The predicted octanol–water partition coefficient (Wildman–Crippen LogP) is 3.45. The summed E-state index contributed by atoms with van der Waals surface area (Å²) in [6, 6.07) is -0.290. The van der Waals surface area contributed by atoms with Crippen molar-refractivity contribution in [1.29, 1.82) is 5.41 Å². The minimum absolute atomic E-state index is 0.0718. The number of rotatable bonds is 15. The second kappa shape index (κ2) is 17.7. The molecule has 1 aliphatic heterocycles. The van der Waals surface area contributed by atoms with E-state index in [0.29, 0.717) is 13.1 Å². The molecule has 1 aliphatic rings. The van der Waals surface area contributed by atoms with Gasteiger partial charge in [-0.2, -0.15) is 0 Å². The van der Waals surface area contributed by atoms with Crippen LogP contribution in [0.5, 0.6) is 0 Å². The summed E-state index contributed by atoms with van der Waals surface area (Å²) >= 11 is 0. The molecule has 0 aromatic heterocycles. The lowest BCUT2D eigenvalue weighted by Crippen LogP contribution is -2.46. The summed E-state index contributed by atoms with van der Waals surface area (Å²) in [6.45, 7) is 8.19. The Bertz CT molecular complexity index is 400. The first-order valence-electron chi connectivity index (χ1n) is 11.4. The lowest BCUT2D eigenvalue weighted by atomic mass is 10.1. The minimum atomic E-state index is -0.290. The van der Waals surface area contributed by atoms with Gasteiger partial charge >= 0.3 is 6.03 Å². The second-order valence-electron chi connectivity index (χ2n) is 7.67. The number of nitrogens with one attached hydrogen (secondary N) is 4. The quantitative estimate of drug-likeness (QED) is 0.194. The molecule has 0 spiro atoms. The van der Waals surface area contributed by atoms with Crippen LogP contribution in [0.15, 0.2) is 0 Å². The molecule has 0 radical (unpaired) electrons. The SMILES string of the molecule is CCCCCCCCCCCCNC(=O)NC(=N)NCCCN1CCOCC1. The number of amides is 2. The summed E-state index contributed by atoms with van der Waals surface area (Å²) in [5.41, 5.74) is 0. The van der Waals surface area contributed by atoms with Crippen molar-refractivity contribution >= 4 is 12.0 Å². The number of unbranched alkanes of at least 4 members (excludes halogenated alkanes) is 9. The number of carbonyl (C=O) groups is 1. The van der Waals surface area contributed by atoms with E-state index in [1.165, 1.54) is 51.4 Å². The monoisotopic (exact) mass is 397 g/mol. The molecular weight excluding hydrogens is 354 g/mol. The normalized spacial score (nSPS) is 14.6. The first kappa shape index (κ1) is 24.7. The number of hydrogen-bond acceptors (Lipinski definition) is 4. The van der Waals surface area contributed by atoms with Gasteiger partial charge in [-0.3, -0.25) is 15.6 Å². The summed E-state index contributed by atoms with van der Waals surface area (Å²) < 4.78 is 5.32. The zero-order valence-corrected chi connectivity index (χ0v) is 18.0. The van der Waals surface area contributed by atoms with Gasteiger partial charge in [-0.25, -0.2) is 4.79 Å². The van der Waals surface area contributed by atoms with Crippen molar-refractivity contribution in [2.24, 2.45) is 0 Å². The molecule has 7 heteroatoms. The molecule has 0 aliphatic carbocycles. The average Bonchev–Trinajstić information content (AvgIpc) is 2.70. The Labute approximate surface area is 171 Å². The molecule has 28 heavy (non-hydrogen) atoms. The molecule has 0 bridgehead atoms. The molecule has 1 saturated heterocycles. The average molecular weight is 398 g/mol. The number of morpholine rings is 1. The van der Waals surface area contributed by atoms with Gasteiger partial charge in [0.25, 0.3) is 0 Å². The van der Waals surface area contributed by atoms with Gasteiger partial charge in [0.2, 0.25) is 0 Å². The smallest absolute Gasteiger partial charge is 0.321 e. The Balaban J connectivity index is 1.84. The maximum absolute atomic E-state index is 11.8. The van der Waals surface area contributed by atoms with Crippen molar-refractivity contribution in [3.05, 3.63) is 0 Å². The van der Waals surface area contributed by atoms with Crippen LogP contribution in [-0.4, -0.2) is 62.8 Å². The molecule has 1 fully saturated rings.